The zero-order chi connectivity index (χ0) is 18.0. The van der Waals surface area contributed by atoms with Crippen LogP contribution >= 0.6 is 0 Å². The van der Waals surface area contributed by atoms with Gasteiger partial charge >= 0.3 is 0 Å². The van der Waals surface area contributed by atoms with Gasteiger partial charge in [0.05, 0.1) is 11.8 Å². The maximum atomic E-state index is 12.9. The number of fused-ring (bicyclic) bond motifs is 1. The maximum Gasteiger partial charge on any atom is 0.254 e. The topological polar surface area (TPSA) is 71.4 Å². The molecular formula is C18H23N3O3S. The molecule has 0 saturated carbocycles. The van der Waals surface area contributed by atoms with E-state index >= 15 is 0 Å². The number of benzene rings is 1. The van der Waals surface area contributed by atoms with Crippen LogP contribution < -0.4 is 4.72 Å². The van der Waals surface area contributed by atoms with Crippen molar-refractivity contribution in [2.24, 2.45) is 0 Å². The van der Waals surface area contributed by atoms with Gasteiger partial charge in [-0.3, -0.25) is 9.52 Å². The molecule has 0 fully saturated rings. The van der Waals surface area contributed by atoms with E-state index in [1.807, 2.05) is 11.0 Å². The van der Waals surface area contributed by atoms with Crippen LogP contribution in [-0.2, 0) is 16.6 Å². The lowest BCUT2D eigenvalue weighted by molar-refractivity contribution is 0.0618. The molecule has 2 aromatic rings. The highest BCUT2D eigenvalue weighted by Crippen LogP contribution is 2.30. The van der Waals surface area contributed by atoms with Crippen molar-refractivity contribution in [2.45, 2.75) is 32.9 Å². The van der Waals surface area contributed by atoms with E-state index in [1.54, 1.807) is 31.2 Å². The molecule has 1 aliphatic heterocycles. The van der Waals surface area contributed by atoms with Gasteiger partial charge in [0.1, 0.15) is 0 Å². The van der Waals surface area contributed by atoms with Crippen LogP contribution in [0.3, 0.4) is 0 Å². The van der Waals surface area contributed by atoms with Crippen LogP contribution in [0.15, 0.2) is 42.6 Å². The van der Waals surface area contributed by atoms with Crippen LogP contribution in [0.1, 0.15) is 42.4 Å². The molecule has 0 radical (unpaired) electrons. The SMILES string of the molecule is CCC1c2cccn2CCN1C(=O)c1ccc(NS(=O)(=O)CC)cc1. The molecule has 6 nitrogen and oxygen atoms in total. The predicted molar refractivity (Wildman–Crippen MR) is 98.0 cm³/mol. The first-order valence-corrected chi connectivity index (χ1v) is 10.2. The van der Waals surface area contributed by atoms with Crippen LogP contribution in [0.25, 0.3) is 0 Å². The van der Waals surface area contributed by atoms with E-state index in [-0.39, 0.29) is 17.7 Å². The quantitative estimate of drug-likeness (QED) is 0.890. The molecule has 0 aliphatic carbocycles. The first-order valence-electron chi connectivity index (χ1n) is 8.51. The predicted octanol–water partition coefficient (Wildman–Crippen LogP) is 2.86. The largest absolute Gasteiger partial charge is 0.348 e. The highest BCUT2D eigenvalue weighted by atomic mass is 32.2. The molecule has 1 aromatic carbocycles. The lowest BCUT2D eigenvalue weighted by Crippen LogP contribution is -2.41. The lowest BCUT2D eigenvalue weighted by atomic mass is 10.0. The fourth-order valence-corrected chi connectivity index (χ4v) is 3.87. The summed E-state index contributed by atoms with van der Waals surface area (Å²) in [6, 6.07) is 10.8. The van der Waals surface area contributed by atoms with Gasteiger partial charge in [-0.25, -0.2) is 8.42 Å². The molecule has 2 heterocycles. The highest BCUT2D eigenvalue weighted by Gasteiger charge is 2.30. The first kappa shape index (κ1) is 17.5. The molecule has 1 N–H and O–H groups in total. The molecular weight excluding hydrogens is 338 g/mol. The van der Waals surface area contributed by atoms with Crippen molar-refractivity contribution in [3.63, 3.8) is 0 Å². The van der Waals surface area contributed by atoms with Crippen LogP contribution in [0.2, 0.25) is 0 Å². The molecule has 1 atom stereocenters. The summed E-state index contributed by atoms with van der Waals surface area (Å²) in [6.45, 7) is 5.12. The third-order valence-corrected chi connectivity index (χ3v) is 5.90. The van der Waals surface area contributed by atoms with Gasteiger partial charge in [-0.15, -0.1) is 0 Å². The Morgan fingerprint density at radius 3 is 2.52 bits per heavy atom. The fraction of sp³-hybridized carbons (Fsp3) is 0.389. The number of carbonyl (C=O) groups is 1. The third kappa shape index (κ3) is 3.56. The summed E-state index contributed by atoms with van der Waals surface area (Å²) >= 11 is 0. The van der Waals surface area contributed by atoms with Crippen LogP contribution in [0, 0.1) is 0 Å². The first-order chi connectivity index (χ1) is 11.9. The minimum absolute atomic E-state index is 0.0132. The number of rotatable bonds is 5. The van der Waals surface area contributed by atoms with Gasteiger partial charge < -0.3 is 9.47 Å². The van der Waals surface area contributed by atoms with Crippen LogP contribution in [0.5, 0.6) is 0 Å². The van der Waals surface area contributed by atoms with Crippen molar-refractivity contribution in [2.75, 3.05) is 17.0 Å². The Kier molecular flexibility index (Phi) is 4.85. The van der Waals surface area contributed by atoms with Crippen molar-refractivity contribution >= 4 is 21.6 Å². The average Bonchev–Trinajstić information content (AvgIpc) is 3.09. The number of hydrogen-bond donors (Lipinski definition) is 1. The number of aromatic nitrogens is 1. The highest BCUT2D eigenvalue weighted by molar-refractivity contribution is 7.92. The van der Waals surface area contributed by atoms with Gasteiger partial charge in [-0.1, -0.05) is 6.92 Å². The minimum Gasteiger partial charge on any atom is -0.348 e. The second-order valence-electron chi connectivity index (χ2n) is 6.13. The van der Waals surface area contributed by atoms with E-state index < -0.39 is 10.0 Å². The number of nitrogens with one attached hydrogen (secondary N) is 1. The van der Waals surface area contributed by atoms with Gasteiger partial charge in [0.15, 0.2) is 0 Å². The van der Waals surface area contributed by atoms with E-state index in [9.17, 15) is 13.2 Å². The summed E-state index contributed by atoms with van der Waals surface area (Å²) < 4.78 is 27.9. The minimum atomic E-state index is -3.31. The normalized spacial score (nSPS) is 17.2. The van der Waals surface area contributed by atoms with Crippen molar-refractivity contribution in [1.29, 1.82) is 0 Å². The smallest absolute Gasteiger partial charge is 0.254 e. The second-order valence-corrected chi connectivity index (χ2v) is 8.14. The number of carbonyl (C=O) groups excluding carboxylic acids is 1. The monoisotopic (exact) mass is 361 g/mol. The Balaban J connectivity index is 1.79. The number of sulfonamides is 1. The summed E-state index contributed by atoms with van der Waals surface area (Å²) in [5.41, 5.74) is 2.20. The number of anilines is 1. The van der Waals surface area contributed by atoms with E-state index in [2.05, 4.69) is 28.5 Å². The van der Waals surface area contributed by atoms with E-state index in [1.165, 1.54) is 0 Å². The van der Waals surface area contributed by atoms with Crippen molar-refractivity contribution in [3.05, 3.63) is 53.9 Å². The Morgan fingerprint density at radius 2 is 1.88 bits per heavy atom. The van der Waals surface area contributed by atoms with E-state index in [0.29, 0.717) is 17.8 Å². The second kappa shape index (κ2) is 6.92. The van der Waals surface area contributed by atoms with Crippen molar-refractivity contribution < 1.29 is 13.2 Å². The van der Waals surface area contributed by atoms with Crippen LogP contribution in [0.4, 0.5) is 5.69 Å². The number of hydrogen-bond acceptors (Lipinski definition) is 3. The van der Waals surface area contributed by atoms with Crippen molar-refractivity contribution in [1.82, 2.24) is 9.47 Å². The Hall–Kier alpha value is -2.28. The van der Waals surface area contributed by atoms with E-state index in [0.717, 1.165) is 18.7 Å². The molecule has 1 aliphatic rings. The molecule has 1 aromatic heterocycles. The summed E-state index contributed by atoms with van der Waals surface area (Å²) in [4.78, 5) is 14.8. The summed E-state index contributed by atoms with van der Waals surface area (Å²) in [5.74, 6) is -0.0107. The van der Waals surface area contributed by atoms with Gasteiger partial charge in [-0.2, -0.15) is 0 Å². The number of amides is 1. The van der Waals surface area contributed by atoms with Crippen LogP contribution in [-0.4, -0.2) is 36.1 Å². The van der Waals surface area contributed by atoms with E-state index in [4.69, 9.17) is 0 Å². The third-order valence-electron chi connectivity index (χ3n) is 4.60. The molecule has 1 unspecified atom stereocenters. The molecule has 0 bridgehead atoms. The number of nitrogens with zero attached hydrogens (tertiary/aromatic N) is 2. The Morgan fingerprint density at radius 1 is 1.16 bits per heavy atom. The summed E-state index contributed by atoms with van der Waals surface area (Å²) in [5, 5.41) is 0. The molecule has 0 saturated heterocycles. The molecule has 7 heteroatoms. The lowest BCUT2D eigenvalue weighted by Gasteiger charge is -2.36. The standard InChI is InChI=1S/C18H23N3O3S/c1-3-16-17-6-5-11-20(17)12-13-21(16)18(22)14-7-9-15(10-8-14)19-25(23,24)4-2/h5-11,16,19H,3-4,12-13H2,1-2H3. The molecule has 25 heavy (non-hydrogen) atoms. The van der Waals surface area contributed by atoms with Gasteiger partial charge in [0, 0.05) is 36.2 Å². The fourth-order valence-electron chi connectivity index (χ4n) is 3.24. The summed E-state index contributed by atoms with van der Waals surface area (Å²) in [7, 11) is -3.31. The Labute approximate surface area is 148 Å². The molecule has 3 rings (SSSR count). The van der Waals surface area contributed by atoms with Gasteiger partial charge in [-0.05, 0) is 49.7 Å². The zero-order valence-corrected chi connectivity index (χ0v) is 15.3. The maximum absolute atomic E-state index is 12.9. The van der Waals surface area contributed by atoms with Gasteiger partial charge in [0.25, 0.3) is 5.91 Å². The molecule has 1 amide bonds. The van der Waals surface area contributed by atoms with Crippen molar-refractivity contribution in [3.8, 4) is 0 Å². The zero-order valence-electron chi connectivity index (χ0n) is 14.5. The average molecular weight is 361 g/mol. The Bertz CT molecular complexity index is 856. The summed E-state index contributed by atoms with van der Waals surface area (Å²) in [6.07, 6.45) is 2.90. The molecule has 134 valence electrons. The van der Waals surface area contributed by atoms with Gasteiger partial charge in [0.2, 0.25) is 10.0 Å². The molecule has 0 spiro atoms.